The van der Waals surface area contributed by atoms with Crippen LogP contribution >= 0.6 is 0 Å². The van der Waals surface area contributed by atoms with Gasteiger partial charge in [-0.25, -0.2) is 0 Å². The molecule has 1 amide bonds. The van der Waals surface area contributed by atoms with Crippen LogP contribution in [0.5, 0.6) is 0 Å². The Hall–Kier alpha value is -1.38. The second-order valence-electron chi connectivity index (χ2n) is 5.49. The van der Waals surface area contributed by atoms with Crippen LogP contribution in [0.25, 0.3) is 0 Å². The first-order valence-electron chi connectivity index (χ1n) is 8.25. The number of hydrogen-bond donors (Lipinski definition) is 1. The van der Waals surface area contributed by atoms with Gasteiger partial charge in [-0.15, -0.1) is 0 Å². The van der Waals surface area contributed by atoms with E-state index in [9.17, 15) is 9.59 Å². The summed E-state index contributed by atoms with van der Waals surface area (Å²) in [5.74, 6) is 0.273. The highest BCUT2D eigenvalue weighted by Crippen LogP contribution is 2.05. The fourth-order valence-electron chi connectivity index (χ4n) is 1.83. The fourth-order valence-corrected chi connectivity index (χ4v) is 1.83. The van der Waals surface area contributed by atoms with E-state index < -0.39 is 0 Å². The van der Waals surface area contributed by atoms with Crippen LogP contribution in [0.4, 0.5) is 0 Å². The summed E-state index contributed by atoms with van der Waals surface area (Å²) in [6.07, 6.45) is 14.6. The summed E-state index contributed by atoms with van der Waals surface area (Å²) in [5.41, 5.74) is 0. The molecule has 0 bridgehead atoms. The van der Waals surface area contributed by atoms with Gasteiger partial charge in [0.25, 0.3) is 0 Å². The zero-order chi connectivity index (χ0) is 15.9. The van der Waals surface area contributed by atoms with Crippen LogP contribution in [0, 0.1) is 0 Å². The maximum absolute atomic E-state index is 11.6. The third-order valence-corrected chi connectivity index (χ3v) is 3.39. The van der Waals surface area contributed by atoms with E-state index in [4.69, 9.17) is 0 Å². The topological polar surface area (TPSA) is 46.2 Å². The summed E-state index contributed by atoms with van der Waals surface area (Å²) in [6, 6.07) is 0.205. The Bertz CT molecular complexity index is 345. The van der Waals surface area contributed by atoms with Crippen molar-refractivity contribution >= 4 is 11.7 Å². The number of nitrogens with one attached hydrogen (secondary N) is 1. The molecule has 0 aliphatic heterocycles. The number of carbonyl (C=O) groups is 2. The Labute approximate surface area is 129 Å². The maximum Gasteiger partial charge on any atom is 0.244 e. The summed E-state index contributed by atoms with van der Waals surface area (Å²) < 4.78 is 0. The van der Waals surface area contributed by atoms with Gasteiger partial charge in [0.1, 0.15) is 5.78 Å². The Kier molecular flexibility index (Phi) is 12.7. The highest BCUT2D eigenvalue weighted by atomic mass is 16.1. The quantitative estimate of drug-likeness (QED) is 0.331. The molecule has 0 radical (unpaired) electrons. The molecule has 0 rings (SSSR count). The molecule has 1 atom stereocenters. The minimum atomic E-state index is -0.0685. The standard InChI is InChI=1S/C18H31NO2/c1-4-6-7-10-13-17(20)14-11-8-9-12-15-18(21)19-16(3)5-2/h8-9,12,15-16H,4-7,10-11,13-14H2,1-3H3,(H,19,21). The molecule has 0 fully saturated rings. The summed E-state index contributed by atoms with van der Waals surface area (Å²) >= 11 is 0. The average molecular weight is 293 g/mol. The molecule has 120 valence electrons. The van der Waals surface area contributed by atoms with Gasteiger partial charge in [0.2, 0.25) is 5.91 Å². The van der Waals surface area contributed by atoms with Crippen LogP contribution in [0.3, 0.4) is 0 Å². The van der Waals surface area contributed by atoms with Crippen LogP contribution in [0.2, 0.25) is 0 Å². The van der Waals surface area contributed by atoms with E-state index in [1.807, 2.05) is 26.0 Å². The molecule has 0 saturated carbocycles. The lowest BCUT2D eigenvalue weighted by Crippen LogP contribution is -2.30. The van der Waals surface area contributed by atoms with Crippen molar-refractivity contribution in [2.24, 2.45) is 0 Å². The molecule has 0 aromatic rings. The molecule has 0 saturated heterocycles. The van der Waals surface area contributed by atoms with Gasteiger partial charge in [0, 0.05) is 25.0 Å². The van der Waals surface area contributed by atoms with Gasteiger partial charge in [-0.05, 0) is 26.2 Å². The molecule has 0 aromatic heterocycles. The van der Waals surface area contributed by atoms with Crippen molar-refractivity contribution in [1.29, 1.82) is 0 Å². The first kappa shape index (κ1) is 19.6. The molecule has 1 unspecified atom stereocenters. The van der Waals surface area contributed by atoms with Gasteiger partial charge >= 0.3 is 0 Å². The number of amides is 1. The highest BCUT2D eigenvalue weighted by molar-refractivity contribution is 5.87. The van der Waals surface area contributed by atoms with E-state index in [-0.39, 0.29) is 11.9 Å². The minimum Gasteiger partial charge on any atom is -0.350 e. The molecule has 3 heteroatoms. The monoisotopic (exact) mass is 293 g/mol. The van der Waals surface area contributed by atoms with Gasteiger partial charge in [-0.1, -0.05) is 51.3 Å². The van der Waals surface area contributed by atoms with Crippen molar-refractivity contribution in [1.82, 2.24) is 5.32 Å². The predicted molar refractivity (Wildman–Crippen MR) is 89.2 cm³/mol. The number of allylic oxidation sites excluding steroid dienone is 3. The Morgan fingerprint density at radius 1 is 1.05 bits per heavy atom. The van der Waals surface area contributed by atoms with E-state index in [1.165, 1.54) is 18.9 Å². The fraction of sp³-hybridized carbons (Fsp3) is 0.667. The number of carbonyl (C=O) groups excluding carboxylic acids is 2. The van der Waals surface area contributed by atoms with E-state index >= 15 is 0 Å². The van der Waals surface area contributed by atoms with Crippen molar-refractivity contribution in [3.8, 4) is 0 Å². The van der Waals surface area contributed by atoms with Crippen LogP contribution in [-0.2, 0) is 9.59 Å². The van der Waals surface area contributed by atoms with E-state index in [0.717, 1.165) is 25.7 Å². The highest BCUT2D eigenvalue weighted by Gasteiger charge is 2.00. The van der Waals surface area contributed by atoms with Gasteiger partial charge in [-0.3, -0.25) is 9.59 Å². The van der Waals surface area contributed by atoms with Crippen molar-refractivity contribution < 1.29 is 9.59 Å². The molecule has 0 aliphatic rings. The Balaban J connectivity index is 3.67. The summed E-state index contributed by atoms with van der Waals surface area (Å²) in [4.78, 5) is 23.0. The Morgan fingerprint density at radius 2 is 1.81 bits per heavy atom. The predicted octanol–water partition coefficient (Wildman–Crippen LogP) is 4.33. The first-order valence-corrected chi connectivity index (χ1v) is 8.25. The summed E-state index contributed by atoms with van der Waals surface area (Å²) in [5, 5.41) is 2.86. The molecular formula is C18H31NO2. The SMILES string of the molecule is CCCCCCC(=O)CCC=CC=CC(=O)NC(C)CC. The molecule has 1 N–H and O–H groups in total. The smallest absolute Gasteiger partial charge is 0.244 e. The van der Waals surface area contributed by atoms with E-state index in [2.05, 4.69) is 12.2 Å². The molecule has 0 aliphatic carbocycles. The van der Waals surface area contributed by atoms with E-state index in [0.29, 0.717) is 18.6 Å². The summed E-state index contributed by atoms with van der Waals surface area (Å²) in [6.45, 7) is 6.19. The maximum atomic E-state index is 11.6. The van der Waals surface area contributed by atoms with Crippen molar-refractivity contribution in [2.45, 2.75) is 78.2 Å². The number of Topliss-reactive ketones (excluding diaryl/α,β-unsaturated/α-hetero) is 1. The van der Waals surface area contributed by atoms with Crippen LogP contribution < -0.4 is 5.32 Å². The molecule has 21 heavy (non-hydrogen) atoms. The van der Waals surface area contributed by atoms with Gasteiger partial charge in [-0.2, -0.15) is 0 Å². The third-order valence-electron chi connectivity index (χ3n) is 3.39. The van der Waals surface area contributed by atoms with Crippen molar-refractivity contribution in [3.63, 3.8) is 0 Å². The minimum absolute atomic E-state index is 0.0685. The van der Waals surface area contributed by atoms with Gasteiger partial charge < -0.3 is 5.32 Å². The van der Waals surface area contributed by atoms with Crippen molar-refractivity contribution in [3.05, 3.63) is 24.3 Å². The normalized spacial score (nSPS) is 12.9. The second kappa shape index (κ2) is 13.6. The second-order valence-corrected chi connectivity index (χ2v) is 5.49. The lowest BCUT2D eigenvalue weighted by Gasteiger charge is -2.07. The lowest BCUT2D eigenvalue weighted by molar-refractivity contribution is -0.119. The van der Waals surface area contributed by atoms with E-state index in [1.54, 1.807) is 6.08 Å². The average Bonchev–Trinajstić information content (AvgIpc) is 2.47. The molecular weight excluding hydrogens is 262 g/mol. The summed E-state index contributed by atoms with van der Waals surface area (Å²) in [7, 11) is 0. The lowest BCUT2D eigenvalue weighted by atomic mass is 10.1. The zero-order valence-corrected chi connectivity index (χ0v) is 13.9. The molecule has 0 heterocycles. The molecule has 0 aromatic carbocycles. The van der Waals surface area contributed by atoms with Crippen LogP contribution in [0.15, 0.2) is 24.3 Å². The zero-order valence-electron chi connectivity index (χ0n) is 13.9. The van der Waals surface area contributed by atoms with Crippen LogP contribution in [0.1, 0.15) is 72.1 Å². The number of unbranched alkanes of at least 4 members (excludes halogenated alkanes) is 3. The van der Waals surface area contributed by atoms with Gasteiger partial charge in [0.05, 0.1) is 0 Å². The number of rotatable bonds is 12. The Morgan fingerprint density at radius 3 is 2.48 bits per heavy atom. The first-order chi connectivity index (χ1) is 10.1. The van der Waals surface area contributed by atoms with Crippen molar-refractivity contribution in [2.75, 3.05) is 0 Å². The molecule has 0 spiro atoms. The van der Waals surface area contributed by atoms with Crippen LogP contribution in [-0.4, -0.2) is 17.7 Å². The third kappa shape index (κ3) is 13.4. The van der Waals surface area contributed by atoms with Gasteiger partial charge in [0.15, 0.2) is 0 Å². The number of ketones is 1. The largest absolute Gasteiger partial charge is 0.350 e. The number of hydrogen-bond acceptors (Lipinski definition) is 2. The molecule has 3 nitrogen and oxygen atoms in total.